The van der Waals surface area contributed by atoms with E-state index in [1.54, 1.807) is 0 Å². The molecular weight excluding hydrogens is 200 g/mol. The zero-order valence-corrected chi connectivity index (χ0v) is 9.69. The van der Waals surface area contributed by atoms with Crippen LogP contribution in [-0.2, 0) is 6.42 Å². The zero-order chi connectivity index (χ0) is 11.1. The monoisotopic (exact) mass is 218 g/mol. The number of hydrogen-bond acceptors (Lipinski definition) is 4. The van der Waals surface area contributed by atoms with Gasteiger partial charge in [-0.1, -0.05) is 0 Å². The number of likely N-dealkylation sites (N-methyl/N-ethyl adjacent to an activating group) is 1. The van der Waals surface area contributed by atoms with Gasteiger partial charge in [0.25, 0.3) is 0 Å². The lowest BCUT2D eigenvalue weighted by Crippen LogP contribution is -2.15. The molecule has 0 amide bonds. The summed E-state index contributed by atoms with van der Waals surface area (Å²) in [6.45, 7) is 2.23. The van der Waals surface area contributed by atoms with Crippen molar-refractivity contribution in [3.8, 4) is 0 Å². The minimum absolute atomic E-state index is 0.135. The van der Waals surface area contributed by atoms with Gasteiger partial charge in [-0.05, 0) is 38.4 Å². The molecule has 0 aromatic carbocycles. The molecule has 2 heterocycles. The summed E-state index contributed by atoms with van der Waals surface area (Å²) >= 11 is 0. The van der Waals surface area contributed by atoms with Crippen LogP contribution >= 0.6 is 0 Å². The number of likely N-dealkylation sites (tertiary alicyclic amines) is 1. The first-order chi connectivity index (χ1) is 7.74. The first-order valence-corrected chi connectivity index (χ1v) is 6.04. The minimum Gasteiger partial charge on any atom is -0.323 e. The molecule has 16 heavy (non-hydrogen) atoms. The van der Waals surface area contributed by atoms with Gasteiger partial charge < -0.3 is 10.6 Å². The lowest BCUT2D eigenvalue weighted by atomic mass is 10.1. The Hall–Kier alpha value is -1.00. The van der Waals surface area contributed by atoms with Crippen LogP contribution in [0.2, 0.25) is 0 Å². The van der Waals surface area contributed by atoms with Crippen molar-refractivity contribution in [1.29, 1.82) is 0 Å². The molecule has 2 aliphatic rings. The van der Waals surface area contributed by atoms with Gasteiger partial charge in [0.1, 0.15) is 5.82 Å². The highest BCUT2D eigenvalue weighted by molar-refractivity contribution is 5.27. The second-order valence-electron chi connectivity index (χ2n) is 5.03. The van der Waals surface area contributed by atoms with Crippen molar-refractivity contribution in [3.05, 3.63) is 23.3 Å². The number of rotatable bonds is 1. The Bertz CT molecular complexity index is 404. The molecule has 0 saturated carbocycles. The van der Waals surface area contributed by atoms with Crippen molar-refractivity contribution in [2.24, 2.45) is 5.73 Å². The highest BCUT2D eigenvalue weighted by Crippen LogP contribution is 2.30. The van der Waals surface area contributed by atoms with E-state index in [2.05, 4.69) is 21.9 Å². The molecule has 1 aliphatic carbocycles. The Morgan fingerprint density at radius 2 is 2.31 bits per heavy atom. The van der Waals surface area contributed by atoms with Gasteiger partial charge in [0.05, 0.1) is 5.69 Å². The summed E-state index contributed by atoms with van der Waals surface area (Å²) in [5, 5.41) is 0. The summed E-state index contributed by atoms with van der Waals surface area (Å²) in [7, 11) is 2.15. The summed E-state index contributed by atoms with van der Waals surface area (Å²) in [4.78, 5) is 11.5. The zero-order valence-electron chi connectivity index (χ0n) is 9.69. The summed E-state index contributed by atoms with van der Waals surface area (Å²) in [5.74, 6) is 1.50. The van der Waals surface area contributed by atoms with Crippen LogP contribution in [0, 0.1) is 0 Å². The first kappa shape index (κ1) is 10.2. The van der Waals surface area contributed by atoms with Crippen LogP contribution in [0.4, 0.5) is 0 Å². The summed E-state index contributed by atoms with van der Waals surface area (Å²) < 4.78 is 0. The van der Waals surface area contributed by atoms with E-state index in [9.17, 15) is 0 Å². The molecule has 2 N–H and O–H groups in total. The van der Waals surface area contributed by atoms with Crippen LogP contribution in [0.5, 0.6) is 0 Å². The number of hydrogen-bond donors (Lipinski definition) is 1. The van der Waals surface area contributed by atoms with E-state index in [-0.39, 0.29) is 6.04 Å². The van der Waals surface area contributed by atoms with Crippen molar-refractivity contribution in [1.82, 2.24) is 14.9 Å². The number of aromatic nitrogens is 2. The van der Waals surface area contributed by atoms with Gasteiger partial charge in [-0.2, -0.15) is 0 Å². The van der Waals surface area contributed by atoms with E-state index in [4.69, 9.17) is 5.73 Å². The highest BCUT2D eigenvalue weighted by Gasteiger charge is 2.27. The minimum atomic E-state index is 0.135. The van der Waals surface area contributed by atoms with Crippen LogP contribution in [0.25, 0.3) is 0 Å². The molecule has 2 atom stereocenters. The average molecular weight is 218 g/mol. The van der Waals surface area contributed by atoms with Crippen molar-refractivity contribution in [2.75, 3.05) is 20.1 Å². The first-order valence-electron chi connectivity index (χ1n) is 6.04. The molecule has 1 saturated heterocycles. The lowest BCUT2D eigenvalue weighted by Gasteiger charge is -2.11. The van der Waals surface area contributed by atoms with Crippen LogP contribution in [0.3, 0.4) is 0 Å². The fraction of sp³-hybridized carbons (Fsp3) is 0.667. The summed E-state index contributed by atoms with van der Waals surface area (Å²) in [5.41, 5.74) is 8.39. The van der Waals surface area contributed by atoms with E-state index < -0.39 is 0 Å². The van der Waals surface area contributed by atoms with E-state index in [0.717, 1.165) is 37.4 Å². The number of nitrogens with zero attached hydrogens (tertiary/aromatic N) is 3. The Labute approximate surface area is 95.9 Å². The van der Waals surface area contributed by atoms with E-state index >= 15 is 0 Å². The topological polar surface area (TPSA) is 55.0 Å². The predicted octanol–water partition coefficient (Wildman–Crippen LogP) is 0.842. The average Bonchev–Trinajstić information content (AvgIpc) is 2.86. The van der Waals surface area contributed by atoms with Gasteiger partial charge in [-0.15, -0.1) is 0 Å². The van der Waals surface area contributed by atoms with Gasteiger partial charge in [-0.3, -0.25) is 0 Å². The molecule has 0 bridgehead atoms. The van der Waals surface area contributed by atoms with Crippen LogP contribution in [0.15, 0.2) is 6.20 Å². The molecule has 1 aromatic rings. The van der Waals surface area contributed by atoms with Gasteiger partial charge in [-0.25, -0.2) is 9.97 Å². The number of fused-ring (bicyclic) bond motifs is 1. The molecule has 3 rings (SSSR count). The summed E-state index contributed by atoms with van der Waals surface area (Å²) in [6.07, 6.45) is 5.23. The van der Waals surface area contributed by atoms with Gasteiger partial charge in [0, 0.05) is 24.7 Å². The molecule has 4 nitrogen and oxygen atoms in total. The maximum absolute atomic E-state index is 6.04. The molecule has 0 radical (unpaired) electrons. The normalized spacial score (nSPS) is 29.6. The molecule has 1 aliphatic heterocycles. The third-order valence-corrected chi connectivity index (χ3v) is 3.75. The molecule has 2 unspecified atom stereocenters. The van der Waals surface area contributed by atoms with Crippen LogP contribution < -0.4 is 5.73 Å². The largest absolute Gasteiger partial charge is 0.323 e. The van der Waals surface area contributed by atoms with Crippen LogP contribution in [-0.4, -0.2) is 35.0 Å². The fourth-order valence-corrected chi connectivity index (χ4v) is 2.74. The van der Waals surface area contributed by atoms with Gasteiger partial charge in [0.2, 0.25) is 0 Å². The SMILES string of the molecule is CN1CCC(c2ncc3c(n2)C(N)CC3)C1. The number of nitrogens with two attached hydrogens (primary N) is 1. The standard InChI is InChI=1S/C12H18N4/c1-16-5-4-9(7-16)12-14-6-8-2-3-10(13)11(8)15-12/h6,9-10H,2-5,7,13H2,1H3. The molecular formula is C12H18N4. The molecule has 1 fully saturated rings. The third kappa shape index (κ3) is 1.62. The predicted molar refractivity (Wildman–Crippen MR) is 62.1 cm³/mol. The molecule has 1 aromatic heterocycles. The molecule has 4 heteroatoms. The second kappa shape index (κ2) is 3.79. The van der Waals surface area contributed by atoms with Crippen molar-refractivity contribution >= 4 is 0 Å². The Morgan fingerprint density at radius 1 is 1.44 bits per heavy atom. The Kier molecular flexibility index (Phi) is 2.41. The second-order valence-corrected chi connectivity index (χ2v) is 5.03. The van der Waals surface area contributed by atoms with Crippen molar-refractivity contribution < 1.29 is 0 Å². The maximum Gasteiger partial charge on any atom is 0.133 e. The van der Waals surface area contributed by atoms with Crippen molar-refractivity contribution in [2.45, 2.75) is 31.2 Å². The number of aryl methyl sites for hydroxylation is 1. The van der Waals surface area contributed by atoms with Crippen LogP contribution in [0.1, 0.15) is 41.9 Å². The lowest BCUT2D eigenvalue weighted by molar-refractivity contribution is 0.409. The molecule has 0 spiro atoms. The molecule has 86 valence electrons. The Morgan fingerprint density at radius 3 is 3.06 bits per heavy atom. The smallest absolute Gasteiger partial charge is 0.133 e. The van der Waals surface area contributed by atoms with E-state index in [0.29, 0.717) is 5.92 Å². The van der Waals surface area contributed by atoms with Gasteiger partial charge >= 0.3 is 0 Å². The van der Waals surface area contributed by atoms with E-state index in [1.165, 1.54) is 12.0 Å². The third-order valence-electron chi connectivity index (χ3n) is 3.75. The highest BCUT2D eigenvalue weighted by atomic mass is 15.1. The van der Waals surface area contributed by atoms with Gasteiger partial charge in [0.15, 0.2) is 0 Å². The van der Waals surface area contributed by atoms with Crippen molar-refractivity contribution in [3.63, 3.8) is 0 Å². The fourth-order valence-electron chi connectivity index (χ4n) is 2.74. The van der Waals surface area contributed by atoms with E-state index in [1.807, 2.05) is 6.20 Å². The quantitative estimate of drug-likeness (QED) is 0.759. The summed E-state index contributed by atoms with van der Waals surface area (Å²) in [6, 6.07) is 0.135. The maximum atomic E-state index is 6.04. The Balaban J connectivity index is 1.89.